The number of aldehydes is 1. The van der Waals surface area contributed by atoms with Crippen LogP contribution < -0.4 is 9.47 Å². The van der Waals surface area contributed by atoms with Crippen LogP contribution in [0, 0.1) is 0 Å². The first-order chi connectivity index (χ1) is 25.6. The molecule has 1 aliphatic rings. The molecule has 0 saturated carbocycles. The molecule has 1 fully saturated rings. The lowest BCUT2D eigenvalue weighted by Crippen LogP contribution is -2.58. The largest absolute Gasteiger partial charge is 0.504 e. The van der Waals surface area contributed by atoms with E-state index in [-0.39, 0.29) is 49.2 Å². The van der Waals surface area contributed by atoms with E-state index < -0.39 is 30.5 Å². The van der Waals surface area contributed by atoms with Gasteiger partial charge in [0.2, 0.25) is 5.75 Å². The van der Waals surface area contributed by atoms with Gasteiger partial charge in [-0.3, -0.25) is 4.79 Å². The molecule has 1 aliphatic heterocycles. The van der Waals surface area contributed by atoms with Gasteiger partial charge >= 0.3 is 0 Å². The van der Waals surface area contributed by atoms with Gasteiger partial charge in [-0.05, 0) is 28.3 Å². The third-order valence-electron chi connectivity index (χ3n) is 8.99. The van der Waals surface area contributed by atoms with E-state index in [1.807, 2.05) is 121 Å². The van der Waals surface area contributed by atoms with Gasteiger partial charge in [0.1, 0.15) is 30.5 Å². The Balaban J connectivity index is 1.44. The van der Waals surface area contributed by atoms with E-state index in [9.17, 15) is 9.90 Å². The number of hydrogen-bond donors (Lipinski definition) is 1. The summed E-state index contributed by atoms with van der Waals surface area (Å²) in [5.74, 6) is -0.119. The van der Waals surface area contributed by atoms with Crippen molar-refractivity contribution in [2.45, 2.75) is 56.9 Å². The summed E-state index contributed by atoms with van der Waals surface area (Å²) in [6, 6.07) is 41.1. The summed E-state index contributed by atoms with van der Waals surface area (Å²) in [5.41, 5.74) is 4.37. The van der Waals surface area contributed by atoms with Crippen LogP contribution in [0.15, 0.2) is 127 Å². The predicted octanol–water partition coefficient (Wildman–Crippen LogP) is 7.63. The topological polar surface area (TPSA) is 102 Å². The van der Waals surface area contributed by atoms with Gasteiger partial charge in [-0.2, -0.15) is 0 Å². The van der Waals surface area contributed by atoms with Crippen molar-refractivity contribution in [2.24, 2.45) is 0 Å². The fourth-order valence-corrected chi connectivity index (χ4v) is 6.41. The van der Waals surface area contributed by atoms with Crippen molar-refractivity contribution in [3.63, 3.8) is 0 Å². The third-order valence-corrected chi connectivity index (χ3v) is 8.99. The van der Waals surface area contributed by atoms with Gasteiger partial charge in [0.25, 0.3) is 0 Å². The molecule has 5 aromatic rings. The number of carbonyl (C=O) groups is 1. The van der Waals surface area contributed by atoms with Gasteiger partial charge in [-0.25, -0.2) is 0 Å². The molecular weight excluding hydrogens is 660 g/mol. The van der Waals surface area contributed by atoms with E-state index in [1.165, 1.54) is 14.2 Å². The normalized spacial score (nSPS) is 19.9. The van der Waals surface area contributed by atoms with Crippen molar-refractivity contribution in [1.29, 1.82) is 0 Å². The lowest BCUT2D eigenvalue weighted by Gasteiger charge is -2.46. The smallest absolute Gasteiger partial charge is 0.204 e. The first-order valence-corrected chi connectivity index (χ1v) is 17.3. The van der Waals surface area contributed by atoms with E-state index in [0.717, 1.165) is 22.3 Å². The minimum Gasteiger partial charge on any atom is -0.504 e. The summed E-state index contributed by atoms with van der Waals surface area (Å²) in [4.78, 5) is 12.3. The number of phenols is 1. The molecular formula is C43H44O9. The van der Waals surface area contributed by atoms with Crippen LogP contribution in [-0.2, 0) is 50.1 Å². The molecule has 5 aromatic carbocycles. The van der Waals surface area contributed by atoms with Gasteiger partial charge in [0, 0.05) is 5.56 Å². The third kappa shape index (κ3) is 9.06. The first-order valence-electron chi connectivity index (χ1n) is 17.3. The van der Waals surface area contributed by atoms with Gasteiger partial charge in [0.15, 0.2) is 17.8 Å². The van der Waals surface area contributed by atoms with Gasteiger partial charge in [-0.15, -0.1) is 0 Å². The van der Waals surface area contributed by atoms with Crippen LogP contribution in [0.2, 0.25) is 0 Å². The minimum absolute atomic E-state index is 0.00796. The van der Waals surface area contributed by atoms with Crippen LogP contribution in [0.5, 0.6) is 17.2 Å². The second kappa shape index (κ2) is 18.5. The molecule has 1 saturated heterocycles. The van der Waals surface area contributed by atoms with E-state index in [4.69, 9.17) is 33.2 Å². The molecule has 0 unspecified atom stereocenters. The zero-order chi connectivity index (χ0) is 36.1. The van der Waals surface area contributed by atoms with Crippen molar-refractivity contribution >= 4 is 6.29 Å². The standard InChI is InChI=1S/C43H44O9/c1-46-38-35(23-34(24-44)37(45)41(38)47-2)39-42(50-27-32-19-11-5-12-20-32)43(51-28-33-21-13-6-14-22-33)40(49-26-31-17-9-4-10-18-31)36(52-39)29-48-25-30-15-7-3-8-16-30/h3-24,36,39-40,42-43,45H,25-29H2,1-2H3/t36-,39+,40-,42+,43+/m1/s1. The number of rotatable bonds is 17. The first kappa shape index (κ1) is 36.8. The lowest BCUT2D eigenvalue weighted by atomic mass is 9.89. The van der Waals surface area contributed by atoms with Crippen molar-refractivity contribution in [3.05, 3.63) is 161 Å². The zero-order valence-electron chi connectivity index (χ0n) is 29.3. The maximum atomic E-state index is 12.3. The minimum atomic E-state index is -0.880. The monoisotopic (exact) mass is 704 g/mol. The Kier molecular flexibility index (Phi) is 13.0. The van der Waals surface area contributed by atoms with E-state index >= 15 is 0 Å². The molecule has 0 bridgehead atoms. The Morgan fingerprint density at radius 1 is 0.596 bits per heavy atom. The van der Waals surface area contributed by atoms with Crippen molar-refractivity contribution < 1.29 is 43.1 Å². The zero-order valence-corrected chi connectivity index (χ0v) is 29.3. The number of aromatic hydroxyl groups is 1. The highest BCUT2D eigenvalue weighted by Crippen LogP contribution is 2.48. The summed E-state index contributed by atoms with van der Waals surface area (Å²) < 4.78 is 45.1. The van der Waals surface area contributed by atoms with E-state index in [1.54, 1.807) is 6.07 Å². The Bertz CT molecular complexity index is 1820. The number of benzene rings is 5. The number of methoxy groups -OCH3 is 2. The number of ether oxygens (including phenoxy) is 7. The second-order valence-electron chi connectivity index (χ2n) is 12.5. The lowest BCUT2D eigenvalue weighted by molar-refractivity contribution is -0.275. The molecule has 9 heteroatoms. The Morgan fingerprint density at radius 2 is 1.04 bits per heavy atom. The average Bonchev–Trinajstić information content (AvgIpc) is 3.20. The highest BCUT2D eigenvalue weighted by atomic mass is 16.6. The van der Waals surface area contributed by atoms with E-state index in [2.05, 4.69) is 0 Å². The number of phenolic OH excluding ortho intramolecular Hbond substituents is 1. The maximum Gasteiger partial charge on any atom is 0.204 e. The van der Waals surface area contributed by atoms with Crippen molar-refractivity contribution in [2.75, 3.05) is 20.8 Å². The van der Waals surface area contributed by atoms with Crippen LogP contribution in [0.3, 0.4) is 0 Å². The predicted molar refractivity (Wildman–Crippen MR) is 195 cm³/mol. The summed E-state index contributed by atoms with van der Waals surface area (Å²) in [5, 5.41) is 10.9. The van der Waals surface area contributed by atoms with Gasteiger partial charge in [-0.1, -0.05) is 121 Å². The molecule has 0 aliphatic carbocycles. The molecule has 0 amide bonds. The molecule has 1 heterocycles. The fraction of sp³-hybridized carbons (Fsp3) is 0.279. The van der Waals surface area contributed by atoms with Crippen LogP contribution >= 0.6 is 0 Å². The Hall–Kier alpha value is -5.03. The maximum absolute atomic E-state index is 12.3. The second-order valence-corrected chi connectivity index (χ2v) is 12.5. The Labute approximate surface area is 304 Å². The Morgan fingerprint density at radius 3 is 1.50 bits per heavy atom. The quantitative estimate of drug-likeness (QED) is 0.0979. The molecule has 270 valence electrons. The molecule has 5 atom stereocenters. The fourth-order valence-electron chi connectivity index (χ4n) is 6.41. The molecule has 0 spiro atoms. The SMILES string of the molecule is COc1c([C@@H]2O[C@H](COCc3ccccc3)[C@@H](OCc3ccccc3)[C@H](OCc3ccccc3)[C@H]2OCc2ccccc2)cc(C=O)c(O)c1OC. The van der Waals surface area contributed by atoms with Gasteiger partial charge < -0.3 is 38.3 Å². The summed E-state index contributed by atoms with van der Waals surface area (Å²) >= 11 is 0. The van der Waals surface area contributed by atoms with Crippen LogP contribution in [0.4, 0.5) is 0 Å². The molecule has 0 aromatic heterocycles. The average molecular weight is 705 g/mol. The molecule has 6 rings (SSSR count). The van der Waals surface area contributed by atoms with Crippen molar-refractivity contribution in [3.8, 4) is 17.2 Å². The van der Waals surface area contributed by atoms with Crippen LogP contribution in [-0.4, -0.2) is 56.6 Å². The summed E-state index contributed by atoms with van der Waals surface area (Å²) in [6.45, 7) is 1.29. The highest BCUT2D eigenvalue weighted by Gasteiger charge is 2.50. The van der Waals surface area contributed by atoms with Crippen molar-refractivity contribution in [1.82, 2.24) is 0 Å². The molecule has 0 radical (unpaired) electrons. The summed E-state index contributed by atoms with van der Waals surface area (Å²) in [6.07, 6.45) is -3.14. The van der Waals surface area contributed by atoms with Crippen LogP contribution in [0.1, 0.15) is 44.3 Å². The number of hydrogen-bond acceptors (Lipinski definition) is 9. The van der Waals surface area contributed by atoms with Gasteiger partial charge in [0.05, 0.1) is 52.8 Å². The molecule has 9 nitrogen and oxygen atoms in total. The van der Waals surface area contributed by atoms with Crippen LogP contribution in [0.25, 0.3) is 0 Å². The molecule has 1 N–H and O–H groups in total. The summed E-state index contributed by atoms with van der Waals surface area (Å²) in [7, 11) is 2.88. The van der Waals surface area contributed by atoms with E-state index in [0.29, 0.717) is 18.5 Å². The highest BCUT2D eigenvalue weighted by molar-refractivity contribution is 5.83. The number of carbonyl (C=O) groups excluding carboxylic acids is 1. The molecule has 52 heavy (non-hydrogen) atoms.